The van der Waals surface area contributed by atoms with E-state index in [1.165, 1.54) is 12.1 Å². The molecule has 0 saturated heterocycles. The largest absolute Gasteiger partial charge is 0.504 e. The molecule has 0 aliphatic rings. The number of phenolic OH excluding ortho intramolecular Hbond substituents is 1. The second kappa shape index (κ2) is 3.72. The van der Waals surface area contributed by atoms with Gasteiger partial charge in [-0.15, -0.1) is 0 Å². The lowest BCUT2D eigenvalue weighted by atomic mass is 10.3. The Kier molecular flexibility index (Phi) is 2.85. The smallest absolute Gasteiger partial charge is 0.409 e. The van der Waals surface area contributed by atoms with Crippen molar-refractivity contribution < 1.29 is 15.0 Å². The lowest BCUT2D eigenvalue weighted by Gasteiger charge is -2.05. The molecule has 13 heavy (non-hydrogen) atoms. The normalized spacial score (nSPS) is 9.69. The number of anilines is 1. The number of aromatic hydroxyl groups is 1. The summed E-state index contributed by atoms with van der Waals surface area (Å²) in [6.45, 7) is 0. The van der Waals surface area contributed by atoms with Gasteiger partial charge in [0.2, 0.25) is 0 Å². The zero-order valence-corrected chi connectivity index (χ0v) is 7.73. The van der Waals surface area contributed by atoms with E-state index < -0.39 is 6.09 Å². The van der Waals surface area contributed by atoms with Crippen molar-refractivity contribution in [3.8, 4) is 5.75 Å². The molecule has 0 spiro atoms. The van der Waals surface area contributed by atoms with Crippen LogP contribution in [0.5, 0.6) is 5.75 Å². The minimum absolute atomic E-state index is 0.00176. The molecule has 0 bridgehead atoms. The molecule has 1 aromatic rings. The number of rotatable bonds is 1. The second-order valence-electron chi connectivity index (χ2n) is 2.19. The van der Waals surface area contributed by atoms with Gasteiger partial charge in [-0.3, -0.25) is 5.32 Å². The first kappa shape index (κ1) is 9.95. The maximum Gasteiger partial charge on any atom is 0.409 e. The van der Waals surface area contributed by atoms with Crippen LogP contribution >= 0.6 is 23.2 Å². The highest BCUT2D eigenvalue weighted by Crippen LogP contribution is 2.36. The predicted octanol–water partition coefficient (Wildman–Crippen LogP) is 2.79. The van der Waals surface area contributed by atoms with Crippen molar-refractivity contribution in [2.75, 3.05) is 5.32 Å². The van der Waals surface area contributed by atoms with E-state index in [9.17, 15) is 9.90 Å². The van der Waals surface area contributed by atoms with Gasteiger partial charge in [-0.25, -0.2) is 4.79 Å². The second-order valence-corrected chi connectivity index (χ2v) is 2.97. The van der Waals surface area contributed by atoms with Gasteiger partial charge in [0.1, 0.15) is 5.02 Å². The van der Waals surface area contributed by atoms with Crippen molar-refractivity contribution in [1.29, 1.82) is 0 Å². The van der Waals surface area contributed by atoms with Crippen molar-refractivity contribution in [3.05, 3.63) is 22.2 Å². The Bertz CT molecular complexity index is 354. The van der Waals surface area contributed by atoms with Gasteiger partial charge in [-0.05, 0) is 12.1 Å². The van der Waals surface area contributed by atoms with Crippen LogP contribution in [-0.2, 0) is 0 Å². The van der Waals surface area contributed by atoms with Crippen LogP contribution in [0.2, 0.25) is 10.0 Å². The van der Waals surface area contributed by atoms with Gasteiger partial charge in [0.25, 0.3) is 0 Å². The van der Waals surface area contributed by atoms with Crippen molar-refractivity contribution in [3.63, 3.8) is 0 Å². The molecule has 0 fully saturated rings. The Morgan fingerprint density at radius 3 is 2.54 bits per heavy atom. The third-order valence-corrected chi connectivity index (χ3v) is 2.10. The monoisotopic (exact) mass is 221 g/mol. The molecule has 0 aromatic heterocycles. The fourth-order valence-electron chi connectivity index (χ4n) is 0.756. The minimum atomic E-state index is -1.28. The molecule has 1 amide bonds. The van der Waals surface area contributed by atoms with E-state index in [-0.39, 0.29) is 21.5 Å². The maximum atomic E-state index is 10.2. The summed E-state index contributed by atoms with van der Waals surface area (Å²) in [5, 5.41) is 19.7. The fraction of sp³-hybridized carbons (Fsp3) is 0. The van der Waals surface area contributed by atoms with E-state index in [1.807, 2.05) is 5.32 Å². The van der Waals surface area contributed by atoms with Gasteiger partial charge in [0.15, 0.2) is 5.75 Å². The van der Waals surface area contributed by atoms with Gasteiger partial charge >= 0.3 is 6.09 Å². The zero-order valence-electron chi connectivity index (χ0n) is 6.21. The number of carboxylic acid groups (broad SMARTS) is 1. The molecule has 0 radical (unpaired) electrons. The fourth-order valence-corrected chi connectivity index (χ4v) is 1.07. The van der Waals surface area contributed by atoms with Crippen LogP contribution in [-0.4, -0.2) is 16.3 Å². The number of nitrogens with one attached hydrogen (secondary N) is 1. The molecule has 4 nitrogen and oxygen atoms in total. The molecule has 70 valence electrons. The summed E-state index contributed by atoms with van der Waals surface area (Å²) in [6, 6.07) is 2.70. The number of phenols is 1. The summed E-state index contributed by atoms with van der Waals surface area (Å²) in [4.78, 5) is 10.2. The molecule has 6 heteroatoms. The van der Waals surface area contributed by atoms with E-state index >= 15 is 0 Å². The molecular formula is C7H5Cl2NO3. The Morgan fingerprint density at radius 1 is 1.38 bits per heavy atom. The van der Waals surface area contributed by atoms with Crippen LogP contribution in [0.3, 0.4) is 0 Å². The van der Waals surface area contributed by atoms with E-state index in [0.29, 0.717) is 0 Å². The molecule has 0 aliphatic carbocycles. The summed E-state index contributed by atoms with van der Waals surface area (Å²) in [6.07, 6.45) is -1.28. The lowest BCUT2D eigenvalue weighted by Crippen LogP contribution is -2.07. The van der Waals surface area contributed by atoms with Crippen LogP contribution in [0.25, 0.3) is 0 Å². The molecule has 0 heterocycles. The lowest BCUT2D eigenvalue weighted by molar-refractivity contribution is 0.209. The number of hydrogen-bond acceptors (Lipinski definition) is 2. The molecule has 3 N–H and O–H groups in total. The third-order valence-electron chi connectivity index (χ3n) is 1.31. The van der Waals surface area contributed by atoms with Gasteiger partial charge in [-0.1, -0.05) is 23.2 Å². The number of halogens is 2. The molecular weight excluding hydrogens is 217 g/mol. The third kappa shape index (κ3) is 2.17. The molecule has 0 unspecified atom stereocenters. The maximum absolute atomic E-state index is 10.2. The van der Waals surface area contributed by atoms with Gasteiger partial charge in [0.05, 0.1) is 10.7 Å². The quantitative estimate of drug-likeness (QED) is 0.639. The van der Waals surface area contributed by atoms with Crippen LogP contribution in [0, 0.1) is 0 Å². The summed E-state index contributed by atoms with van der Waals surface area (Å²) >= 11 is 11.1. The Labute approximate surface area is 83.7 Å². The van der Waals surface area contributed by atoms with Crippen LogP contribution in [0.4, 0.5) is 10.5 Å². The summed E-state index contributed by atoms with van der Waals surface area (Å²) in [5.41, 5.74) is 0.00176. The molecule has 0 aliphatic heterocycles. The highest BCUT2D eigenvalue weighted by atomic mass is 35.5. The van der Waals surface area contributed by atoms with E-state index in [0.717, 1.165) is 0 Å². The number of carbonyl (C=O) groups is 1. The van der Waals surface area contributed by atoms with Crippen molar-refractivity contribution >= 4 is 35.0 Å². The van der Waals surface area contributed by atoms with E-state index in [4.69, 9.17) is 28.3 Å². The molecule has 1 aromatic carbocycles. The van der Waals surface area contributed by atoms with Crippen molar-refractivity contribution in [1.82, 2.24) is 0 Å². The SMILES string of the molecule is O=C(O)Nc1ccc(Cl)c(Cl)c1O. The van der Waals surface area contributed by atoms with Crippen molar-refractivity contribution in [2.45, 2.75) is 0 Å². The van der Waals surface area contributed by atoms with E-state index in [2.05, 4.69) is 0 Å². The summed E-state index contributed by atoms with van der Waals surface area (Å²) < 4.78 is 0. The molecule has 0 atom stereocenters. The zero-order chi connectivity index (χ0) is 10.0. The first-order chi connectivity index (χ1) is 6.02. The summed E-state index contributed by atoms with van der Waals surface area (Å²) in [5.74, 6) is -0.378. The Balaban J connectivity index is 3.10. The Hall–Kier alpha value is -1.13. The molecule has 0 saturated carbocycles. The first-order valence-corrected chi connectivity index (χ1v) is 3.95. The van der Waals surface area contributed by atoms with Crippen LogP contribution in [0.1, 0.15) is 0 Å². The van der Waals surface area contributed by atoms with Crippen LogP contribution in [0.15, 0.2) is 12.1 Å². The minimum Gasteiger partial charge on any atom is -0.504 e. The van der Waals surface area contributed by atoms with Gasteiger partial charge < -0.3 is 10.2 Å². The Morgan fingerprint density at radius 2 is 2.00 bits per heavy atom. The highest BCUT2D eigenvalue weighted by Gasteiger charge is 2.10. The van der Waals surface area contributed by atoms with Crippen molar-refractivity contribution in [2.24, 2.45) is 0 Å². The molecule has 1 rings (SSSR count). The number of hydrogen-bond donors (Lipinski definition) is 3. The average Bonchev–Trinajstić information content (AvgIpc) is 2.06. The summed E-state index contributed by atoms with van der Waals surface area (Å²) in [7, 11) is 0. The first-order valence-electron chi connectivity index (χ1n) is 3.19. The number of amides is 1. The van der Waals surface area contributed by atoms with Crippen LogP contribution < -0.4 is 5.32 Å². The topological polar surface area (TPSA) is 69.6 Å². The van der Waals surface area contributed by atoms with E-state index in [1.54, 1.807) is 0 Å². The van der Waals surface area contributed by atoms with Gasteiger partial charge in [-0.2, -0.15) is 0 Å². The average molecular weight is 222 g/mol. The number of benzene rings is 1. The standard InChI is InChI=1S/C7H5Cl2NO3/c8-3-1-2-4(10-7(12)13)6(11)5(3)9/h1-2,10-11H,(H,12,13). The van der Waals surface area contributed by atoms with Gasteiger partial charge in [0, 0.05) is 0 Å². The highest BCUT2D eigenvalue weighted by molar-refractivity contribution is 6.43. The predicted molar refractivity (Wildman–Crippen MR) is 49.8 cm³/mol.